The third-order valence-electron chi connectivity index (χ3n) is 4.18. The van der Waals surface area contributed by atoms with Crippen molar-refractivity contribution >= 4 is 0 Å². The molecule has 1 saturated heterocycles. The number of likely N-dealkylation sites (N-methyl/N-ethyl adjacent to an activating group) is 2. The second-order valence-electron chi connectivity index (χ2n) is 5.85. The SMILES string of the molecule is COc1cccc(C(O)CNCC2CN(C)CCN2C)c1. The molecule has 0 spiro atoms. The van der Waals surface area contributed by atoms with Gasteiger partial charge in [-0.05, 0) is 31.8 Å². The molecule has 21 heavy (non-hydrogen) atoms. The van der Waals surface area contributed by atoms with Crippen LogP contribution in [-0.2, 0) is 0 Å². The summed E-state index contributed by atoms with van der Waals surface area (Å²) in [5.41, 5.74) is 0.885. The monoisotopic (exact) mass is 293 g/mol. The summed E-state index contributed by atoms with van der Waals surface area (Å²) in [6.45, 7) is 4.74. The van der Waals surface area contributed by atoms with Crippen LogP contribution < -0.4 is 10.1 Å². The van der Waals surface area contributed by atoms with Crippen molar-refractivity contribution in [2.75, 3.05) is 53.9 Å². The maximum Gasteiger partial charge on any atom is 0.119 e. The highest BCUT2D eigenvalue weighted by Crippen LogP contribution is 2.18. The van der Waals surface area contributed by atoms with Crippen LogP contribution in [0, 0.1) is 0 Å². The number of methoxy groups -OCH3 is 1. The van der Waals surface area contributed by atoms with E-state index in [-0.39, 0.29) is 0 Å². The van der Waals surface area contributed by atoms with E-state index in [4.69, 9.17) is 4.74 Å². The van der Waals surface area contributed by atoms with Gasteiger partial charge in [-0.15, -0.1) is 0 Å². The summed E-state index contributed by atoms with van der Waals surface area (Å²) in [6.07, 6.45) is -0.508. The Morgan fingerprint density at radius 1 is 1.38 bits per heavy atom. The molecule has 0 aromatic heterocycles. The minimum Gasteiger partial charge on any atom is -0.497 e. The molecule has 0 amide bonds. The fourth-order valence-electron chi connectivity index (χ4n) is 2.68. The summed E-state index contributed by atoms with van der Waals surface area (Å²) < 4.78 is 5.19. The summed E-state index contributed by atoms with van der Waals surface area (Å²) in [6, 6.07) is 8.10. The van der Waals surface area contributed by atoms with Gasteiger partial charge in [-0.3, -0.25) is 4.90 Å². The first-order valence-electron chi connectivity index (χ1n) is 7.51. The lowest BCUT2D eigenvalue weighted by molar-refractivity contribution is 0.108. The zero-order chi connectivity index (χ0) is 15.2. The molecule has 1 heterocycles. The standard InChI is InChI=1S/C16H27N3O2/c1-18-7-8-19(2)14(12-18)10-17-11-16(20)13-5-4-6-15(9-13)21-3/h4-6,9,14,16-17,20H,7-8,10-12H2,1-3H3. The van der Waals surface area contributed by atoms with Crippen LogP contribution in [0.25, 0.3) is 0 Å². The fourth-order valence-corrected chi connectivity index (χ4v) is 2.68. The average molecular weight is 293 g/mol. The lowest BCUT2D eigenvalue weighted by Crippen LogP contribution is -2.54. The number of aliphatic hydroxyl groups excluding tert-OH is 1. The van der Waals surface area contributed by atoms with Gasteiger partial charge in [-0.2, -0.15) is 0 Å². The summed E-state index contributed by atoms with van der Waals surface area (Å²) in [4.78, 5) is 4.73. The highest BCUT2D eigenvalue weighted by Gasteiger charge is 2.21. The molecule has 2 rings (SSSR count). The van der Waals surface area contributed by atoms with E-state index in [0.29, 0.717) is 12.6 Å². The minimum atomic E-state index is -0.508. The van der Waals surface area contributed by atoms with E-state index in [9.17, 15) is 5.11 Å². The first kappa shape index (κ1) is 16.2. The molecule has 118 valence electrons. The second kappa shape index (κ2) is 7.75. The van der Waals surface area contributed by atoms with Gasteiger partial charge in [0.2, 0.25) is 0 Å². The zero-order valence-electron chi connectivity index (χ0n) is 13.2. The van der Waals surface area contributed by atoms with Gasteiger partial charge in [0.25, 0.3) is 0 Å². The van der Waals surface area contributed by atoms with Crippen molar-refractivity contribution in [1.29, 1.82) is 0 Å². The zero-order valence-corrected chi connectivity index (χ0v) is 13.2. The van der Waals surface area contributed by atoms with Crippen molar-refractivity contribution in [3.05, 3.63) is 29.8 Å². The molecule has 1 aliphatic heterocycles. The smallest absolute Gasteiger partial charge is 0.119 e. The number of piperazine rings is 1. The normalized spacial score (nSPS) is 22.2. The van der Waals surface area contributed by atoms with E-state index in [1.165, 1.54) is 0 Å². The molecule has 0 bridgehead atoms. The first-order valence-corrected chi connectivity index (χ1v) is 7.51. The third-order valence-corrected chi connectivity index (χ3v) is 4.18. The van der Waals surface area contributed by atoms with Gasteiger partial charge in [0.15, 0.2) is 0 Å². The summed E-state index contributed by atoms with van der Waals surface area (Å²) in [5.74, 6) is 0.778. The molecule has 0 radical (unpaired) electrons. The Balaban J connectivity index is 1.79. The van der Waals surface area contributed by atoms with Gasteiger partial charge < -0.3 is 20.1 Å². The Morgan fingerprint density at radius 2 is 2.19 bits per heavy atom. The lowest BCUT2D eigenvalue weighted by Gasteiger charge is -2.38. The van der Waals surface area contributed by atoms with Crippen LogP contribution in [0.4, 0.5) is 0 Å². The molecule has 1 aromatic rings. The van der Waals surface area contributed by atoms with Crippen LogP contribution in [0.15, 0.2) is 24.3 Å². The maximum absolute atomic E-state index is 10.2. The Kier molecular flexibility index (Phi) is 5.99. The van der Waals surface area contributed by atoms with Gasteiger partial charge >= 0.3 is 0 Å². The average Bonchev–Trinajstić information content (AvgIpc) is 2.50. The van der Waals surface area contributed by atoms with E-state index in [1.54, 1.807) is 7.11 Å². The molecule has 2 unspecified atom stereocenters. The number of nitrogens with one attached hydrogen (secondary N) is 1. The van der Waals surface area contributed by atoms with Crippen LogP contribution in [0.1, 0.15) is 11.7 Å². The van der Waals surface area contributed by atoms with E-state index in [0.717, 1.165) is 37.5 Å². The Labute approximate surface area is 127 Å². The van der Waals surface area contributed by atoms with Gasteiger partial charge in [0.05, 0.1) is 13.2 Å². The molecule has 2 atom stereocenters. The number of hydrogen-bond acceptors (Lipinski definition) is 5. The van der Waals surface area contributed by atoms with Crippen LogP contribution in [0.2, 0.25) is 0 Å². The first-order chi connectivity index (χ1) is 10.1. The number of aliphatic hydroxyl groups is 1. The molecule has 0 saturated carbocycles. The van der Waals surface area contributed by atoms with Crippen molar-refractivity contribution < 1.29 is 9.84 Å². The fraction of sp³-hybridized carbons (Fsp3) is 0.625. The van der Waals surface area contributed by atoms with Crippen molar-refractivity contribution in [1.82, 2.24) is 15.1 Å². The van der Waals surface area contributed by atoms with Crippen molar-refractivity contribution in [3.63, 3.8) is 0 Å². The van der Waals surface area contributed by atoms with E-state index in [1.807, 2.05) is 24.3 Å². The van der Waals surface area contributed by atoms with Crippen LogP contribution in [0.3, 0.4) is 0 Å². The molecule has 0 aliphatic carbocycles. The molecule has 1 fully saturated rings. The third kappa shape index (κ3) is 4.68. The summed E-state index contributed by atoms with van der Waals surface area (Å²) in [7, 11) is 5.96. The van der Waals surface area contributed by atoms with E-state index >= 15 is 0 Å². The number of ether oxygens (including phenoxy) is 1. The molecule has 5 nitrogen and oxygen atoms in total. The predicted molar refractivity (Wildman–Crippen MR) is 84.7 cm³/mol. The molecular weight excluding hydrogens is 266 g/mol. The Hall–Kier alpha value is -1.14. The minimum absolute atomic E-state index is 0.501. The highest BCUT2D eigenvalue weighted by atomic mass is 16.5. The van der Waals surface area contributed by atoms with Gasteiger partial charge in [-0.25, -0.2) is 0 Å². The van der Waals surface area contributed by atoms with Crippen LogP contribution in [-0.4, -0.2) is 74.9 Å². The quantitative estimate of drug-likeness (QED) is 0.803. The van der Waals surface area contributed by atoms with Crippen molar-refractivity contribution in [3.8, 4) is 5.75 Å². The Bertz CT molecular complexity index is 441. The highest BCUT2D eigenvalue weighted by molar-refractivity contribution is 5.29. The maximum atomic E-state index is 10.2. The lowest BCUT2D eigenvalue weighted by atomic mass is 10.1. The number of hydrogen-bond donors (Lipinski definition) is 2. The largest absolute Gasteiger partial charge is 0.497 e. The van der Waals surface area contributed by atoms with Crippen LogP contribution in [0.5, 0.6) is 5.75 Å². The molecule has 2 N–H and O–H groups in total. The van der Waals surface area contributed by atoms with Crippen LogP contribution >= 0.6 is 0 Å². The topological polar surface area (TPSA) is 48.0 Å². The predicted octanol–water partition coefficient (Wildman–Crippen LogP) is 0.564. The summed E-state index contributed by atoms with van der Waals surface area (Å²) in [5, 5.41) is 13.6. The van der Waals surface area contributed by atoms with Gasteiger partial charge in [0, 0.05) is 38.8 Å². The van der Waals surface area contributed by atoms with E-state index in [2.05, 4.69) is 29.2 Å². The number of benzene rings is 1. The van der Waals surface area contributed by atoms with Gasteiger partial charge in [0.1, 0.15) is 5.75 Å². The number of rotatable bonds is 6. The molecular formula is C16H27N3O2. The Morgan fingerprint density at radius 3 is 2.95 bits per heavy atom. The molecule has 1 aromatic carbocycles. The second-order valence-corrected chi connectivity index (χ2v) is 5.85. The van der Waals surface area contributed by atoms with E-state index < -0.39 is 6.10 Å². The number of nitrogens with zero attached hydrogens (tertiary/aromatic N) is 2. The molecule has 1 aliphatic rings. The molecule has 5 heteroatoms. The van der Waals surface area contributed by atoms with Crippen molar-refractivity contribution in [2.45, 2.75) is 12.1 Å². The summed E-state index contributed by atoms with van der Waals surface area (Å²) >= 11 is 0. The van der Waals surface area contributed by atoms with Gasteiger partial charge in [-0.1, -0.05) is 12.1 Å². The van der Waals surface area contributed by atoms with Crippen molar-refractivity contribution in [2.24, 2.45) is 0 Å².